The van der Waals surface area contributed by atoms with E-state index in [1.807, 2.05) is 67.6 Å². The first-order valence-corrected chi connectivity index (χ1v) is 13.3. The molecule has 36 heavy (non-hydrogen) atoms. The molecule has 0 saturated heterocycles. The van der Waals surface area contributed by atoms with Crippen molar-refractivity contribution >= 4 is 35.0 Å². The lowest BCUT2D eigenvalue weighted by molar-refractivity contribution is -0.141. The molecule has 0 heterocycles. The molecule has 1 fully saturated rings. The van der Waals surface area contributed by atoms with Gasteiger partial charge in [0.1, 0.15) is 6.04 Å². The van der Waals surface area contributed by atoms with Crippen LogP contribution in [-0.2, 0) is 29.0 Å². The van der Waals surface area contributed by atoms with Gasteiger partial charge in [0, 0.05) is 29.1 Å². The van der Waals surface area contributed by atoms with Crippen molar-refractivity contribution in [1.82, 2.24) is 10.2 Å². The molecule has 4 nitrogen and oxygen atoms in total. The highest BCUT2D eigenvalue weighted by atomic mass is 35.5. The van der Waals surface area contributed by atoms with Crippen LogP contribution in [0.1, 0.15) is 47.9 Å². The lowest BCUT2D eigenvalue weighted by Gasteiger charge is -2.33. The lowest BCUT2D eigenvalue weighted by atomic mass is 10.00. The summed E-state index contributed by atoms with van der Waals surface area (Å²) in [4.78, 5) is 29.3. The summed E-state index contributed by atoms with van der Waals surface area (Å²) >= 11 is 12.6. The Hall–Kier alpha value is -2.82. The van der Waals surface area contributed by atoms with E-state index in [0.29, 0.717) is 16.5 Å². The fourth-order valence-corrected chi connectivity index (χ4v) is 5.30. The highest BCUT2D eigenvalue weighted by Crippen LogP contribution is 2.25. The Labute approximate surface area is 223 Å². The number of nitrogens with one attached hydrogen (secondary N) is 1. The molecule has 1 aliphatic rings. The average molecular weight is 524 g/mol. The zero-order valence-corrected chi connectivity index (χ0v) is 22.1. The molecule has 188 valence electrons. The topological polar surface area (TPSA) is 49.4 Å². The predicted molar refractivity (Wildman–Crippen MR) is 146 cm³/mol. The summed E-state index contributed by atoms with van der Waals surface area (Å²) in [5.74, 6) is -0.230. The maximum Gasteiger partial charge on any atom is 0.243 e. The second-order valence-electron chi connectivity index (χ2n) is 9.56. The Morgan fingerprint density at radius 2 is 1.64 bits per heavy atom. The van der Waals surface area contributed by atoms with Crippen molar-refractivity contribution in [2.75, 3.05) is 0 Å². The number of aryl methyl sites for hydroxylation is 1. The first kappa shape index (κ1) is 26.2. The second-order valence-corrected chi connectivity index (χ2v) is 10.4. The van der Waals surface area contributed by atoms with E-state index in [2.05, 4.69) is 5.32 Å². The van der Waals surface area contributed by atoms with Crippen LogP contribution in [0.5, 0.6) is 0 Å². The van der Waals surface area contributed by atoms with Gasteiger partial charge in [-0.25, -0.2) is 0 Å². The molecular formula is C30H32Cl2N2O2. The lowest BCUT2D eigenvalue weighted by Crippen LogP contribution is -2.52. The van der Waals surface area contributed by atoms with E-state index in [9.17, 15) is 9.59 Å². The van der Waals surface area contributed by atoms with E-state index in [0.717, 1.165) is 47.9 Å². The zero-order valence-electron chi connectivity index (χ0n) is 20.6. The standard InChI is InChI=1S/C30H32Cl2N2O2/c1-21-9-5-6-12-23(21)18-29(35)34(20-24-15-16-25(31)19-27(24)32)28(17-22-10-3-2-4-11-22)30(36)33-26-13-7-8-14-26/h2-6,9-12,15-16,19,26,28H,7-8,13-14,17-18,20H2,1H3,(H,33,36). The Morgan fingerprint density at radius 1 is 0.944 bits per heavy atom. The van der Waals surface area contributed by atoms with E-state index >= 15 is 0 Å². The Bertz CT molecular complexity index is 1190. The van der Waals surface area contributed by atoms with Crippen molar-refractivity contribution in [3.05, 3.63) is 105 Å². The van der Waals surface area contributed by atoms with Crippen LogP contribution in [0.2, 0.25) is 10.0 Å². The number of halogens is 2. The van der Waals surface area contributed by atoms with Gasteiger partial charge in [-0.05, 0) is 54.2 Å². The van der Waals surface area contributed by atoms with Gasteiger partial charge in [-0.3, -0.25) is 9.59 Å². The Morgan fingerprint density at radius 3 is 2.33 bits per heavy atom. The largest absolute Gasteiger partial charge is 0.352 e. The fourth-order valence-electron chi connectivity index (χ4n) is 4.83. The molecule has 1 unspecified atom stereocenters. The smallest absolute Gasteiger partial charge is 0.243 e. The molecule has 0 spiro atoms. The molecule has 6 heteroatoms. The molecule has 0 aliphatic heterocycles. The van der Waals surface area contributed by atoms with Gasteiger partial charge in [-0.15, -0.1) is 0 Å². The maximum absolute atomic E-state index is 13.9. The summed E-state index contributed by atoms with van der Waals surface area (Å²) in [6, 6.07) is 22.5. The van der Waals surface area contributed by atoms with Gasteiger partial charge in [0.2, 0.25) is 11.8 Å². The van der Waals surface area contributed by atoms with E-state index in [1.54, 1.807) is 17.0 Å². The molecule has 0 radical (unpaired) electrons. The molecule has 1 N–H and O–H groups in total. The molecule has 3 aromatic rings. The number of rotatable bonds is 9. The zero-order chi connectivity index (χ0) is 25.5. The van der Waals surface area contributed by atoms with Gasteiger partial charge in [0.05, 0.1) is 6.42 Å². The number of benzene rings is 3. The molecule has 1 saturated carbocycles. The highest BCUT2D eigenvalue weighted by Gasteiger charge is 2.32. The molecule has 4 rings (SSSR count). The van der Waals surface area contributed by atoms with E-state index in [4.69, 9.17) is 23.2 Å². The SMILES string of the molecule is Cc1ccccc1CC(=O)N(Cc1ccc(Cl)cc1Cl)C(Cc1ccccc1)C(=O)NC1CCCC1. The van der Waals surface area contributed by atoms with Gasteiger partial charge in [-0.2, -0.15) is 0 Å². The van der Waals surface area contributed by atoms with Gasteiger partial charge in [0.15, 0.2) is 0 Å². The number of hydrogen-bond acceptors (Lipinski definition) is 2. The average Bonchev–Trinajstić information content (AvgIpc) is 3.37. The highest BCUT2D eigenvalue weighted by molar-refractivity contribution is 6.35. The molecule has 1 atom stereocenters. The molecule has 2 amide bonds. The summed E-state index contributed by atoms with van der Waals surface area (Å²) in [5, 5.41) is 4.24. The number of carbonyl (C=O) groups is 2. The Kier molecular flexibility index (Phi) is 9.06. The minimum atomic E-state index is -0.670. The number of carbonyl (C=O) groups excluding carboxylic acids is 2. The van der Waals surface area contributed by atoms with Crippen molar-refractivity contribution in [1.29, 1.82) is 0 Å². The monoisotopic (exact) mass is 522 g/mol. The predicted octanol–water partition coefficient (Wildman–Crippen LogP) is 6.54. The minimum absolute atomic E-state index is 0.113. The third-order valence-corrected chi connectivity index (χ3v) is 7.52. The minimum Gasteiger partial charge on any atom is -0.352 e. The number of amides is 2. The molecule has 3 aromatic carbocycles. The maximum atomic E-state index is 13.9. The number of hydrogen-bond donors (Lipinski definition) is 1. The van der Waals surface area contributed by atoms with Crippen molar-refractivity contribution in [2.45, 2.75) is 64.1 Å². The van der Waals surface area contributed by atoms with Gasteiger partial charge in [-0.1, -0.05) is 96.7 Å². The van der Waals surface area contributed by atoms with Crippen LogP contribution in [0.3, 0.4) is 0 Å². The van der Waals surface area contributed by atoms with Crippen LogP contribution in [0.25, 0.3) is 0 Å². The summed E-state index contributed by atoms with van der Waals surface area (Å²) in [6.07, 6.45) is 4.81. The van der Waals surface area contributed by atoms with Crippen molar-refractivity contribution in [2.24, 2.45) is 0 Å². The molecular weight excluding hydrogens is 491 g/mol. The number of nitrogens with zero attached hydrogens (tertiary/aromatic N) is 1. The van der Waals surface area contributed by atoms with Gasteiger partial charge < -0.3 is 10.2 Å². The first-order valence-electron chi connectivity index (χ1n) is 12.5. The van der Waals surface area contributed by atoms with E-state index < -0.39 is 6.04 Å². The van der Waals surface area contributed by atoms with Crippen molar-refractivity contribution in [3.63, 3.8) is 0 Å². The van der Waals surface area contributed by atoms with Crippen LogP contribution in [-0.4, -0.2) is 28.8 Å². The third kappa shape index (κ3) is 6.89. The van der Waals surface area contributed by atoms with Crippen LogP contribution in [0.15, 0.2) is 72.8 Å². The van der Waals surface area contributed by atoms with Gasteiger partial charge in [0.25, 0.3) is 0 Å². The summed E-state index contributed by atoms with van der Waals surface area (Å²) in [7, 11) is 0. The van der Waals surface area contributed by atoms with Gasteiger partial charge >= 0.3 is 0 Å². The van der Waals surface area contributed by atoms with Crippen LogP contribution in [0, 0.1) is 6.92 Å². The quantitative estimate of drug-likeness (QED) is 0.346. The van der Waals surface area contributed by atoms with E-state index in [-0.39, 0.29) is 30.8 Å². The van der Waals surface area contributed by atoms with Crippen molar-refractivity contribution < 1.29 is 9.59 Å². The van der Waals surface area contributed by atoms with E-state index in [1.165, 1.54) is 0 Å². The summed E-state index contributed by atoms with van der Waals surface area (Å²) < 4.78 is 0. The van der Waals surface area contributed by atoms with Crippen LogP contribution < -0.4 is 5.32 Å². The Balaban J connectivity index is 1.69. The molecule has 1 aliphatic carbocycles. The fraction of sp³-hybridized carbons (Fsp3) is 0.333. The van der Waals surface area contributed by atoms with Crippen molar-refractivity contribution in [3.8, 4) is 0 Å². The summed E-state index contributed by atoms with van der Waals surface area (Å²) in [6.45, 7) is 2.22. The van der Waals surface area contributed by atoms with Crippen LogP contribution in [0.4, 0.5) is 0 Å². The molecule has 0 aromatic heterocycles. The third-order valence-electron chi connectivity index (χ3n) is 6.93. The van der Waals surface area contributed by atoms with Crippen LogP contribution >= 0.6 is 23.2 Å². The first-order chi connectivity index (χ1) is 17.4. The second kappa shape index (κ2) is 12.4. The molecule has 0 bridgehead atoms. The normalized spacial score (nSPS) is 14.4. The summed E-state index contributed by atoms with van der Waals surface area (Å²) in [5.41, 5.74) is 3.75.